The standard InChI is InChI=1S/C20H30N2O.BrH/c1-5-13-22(14-6-2)15-8-7-12-18(22)20(23)21-19-16(3)10-9-11-17(19)4;/h5,9-11,18H,1,6-8,12-15H2,2-4H3;1H. The Labute approximate surface area is 157 Å². The highest BCUT2D eigenvalue weighted by Crippen LogP contribution is 2.29. The first-order valence-electron chi connectivity index (χ1n) is 8.88. The molecule has 0 aliphatic carbocycles. The third-order valence-corrected chi connectivity index (χ3v) is 5.19. The molecule has 0 saturated carbocycles. The average molecular weight is 395 g/mol. The first kappa shape index (κ1) is 20.9. The largest absolute Gasteiger partial charge is 1.00 e. The zero-order chi connectivity index (χ0) is 16.9. The van der Waals surface area contributed by atoms with Gasteiger partial charge in [0.25, 0.3) is 5.91 Å². The van der Waals surface area contributed by atoms with Crippen molar-refractivity contribution in [1.82, 2.24) is 0 Å². The summed E-state index contributed by atoms with van der Waals surface area (Å²) in [6.07, 6.45) is 6.42. The summed E-state index contributed by atoms with van der Waals surface area (Å²) in [5, 5.41) is 3.23. The fraction of sp³-hybridized carbons (Fsp3) is 0.550. The van der Waals surface area contributed by atoms with E-state index in [1.165, 1.54) is 6.42 Å². The van der Waals surface area contributed by atoms with E-state index in [0.29, 0.717) is 0 Å². The van der Waals surface area contributed by atoms with Crippen LogP contribution in [0, 0.1) is 13.8 Å². The van der Waals surface area contributed by atoms with Gasteiger partial charge in [-0.1, -0.05) is 31.7 Å². The van der Waals surface area contributed by atoms with Gasteiger partial charge in [0.2, 0.25) is 0 Å². The van der Waals surface area contributed by atoms with Gasteiger partial charge in [0.05, 0.1) is 19.6 Å². The maximum absolute atomic E-state index is 13.1. The van der Waals surface area contributed by atoms with Crippen LogP contribution in [0.2, 0.25) is 0 Å². The first-order chi connectivity index (χ1) is 11.0. The lowest BCUT2D eigenvalue weighted by Gasteiger charge is -2.46. The van der Waals surface area contributed by atoms with Crippen LogP contribution in [0.3, 0.4) is 0 Å². The molecule has 2 atom stereocenters. The highest BCUT2D eigenvalue weighted by atomic mass is 79.9. The van der Waals surface area contributed by atoms with E-state index in [0.717, 1.165) is 60.2 Å². The summed E-state index contributed by atoms with van der Waals surface area (Å²) < 4.78 is 0.872. The molecule has 0 bridgehead atoms. The number of rotatable bonds is 6. The van der Waals surface area contributed by atoms with Gasteiger partial charge in [-0.05, 0) is 50.3 Å². The summed E-state index contributed by atoms with van der Waals surface area (Å²) in [4.78, 5) is 13.1. The van der Waals surface area contributed by atoms with Crippen LogP contribution in [0.4, 0.5) is 5.69 Å². The summed E-state index contributed by atoms with van der Waals surface area (Å²) >= 11 is 0. The van der Waals surface area contributed by atoms with Crippen molar-refractivity contribution in [2.24, 2.45) is 0 Å². The van der Waals surface area contributed by atoms with Crippen molar-refractivity contribution in [3.8, 4) is 0 Å². The number of nitrogens with one attached hydrogen (secondary N) is 1. The van der Waals surface area contributed by atoms with E-state index in [1.807, 2.05) is 12.1 Å². The Bertz CT molecular complexity index is 549. The Morgan fingerprint density at radius 1 is 1.33 bits per heavy atom. The van der Waals surface area contributed by atoms with E-state index in [2.05, 4.69) is 44.8 Å². The van der Waals surface area contributed by atoms with E-state index in [1.54, 1.807) is 0 Å². The molecule has 1 amide bonds. The van der Waals surface area contributed by atoms with Crippen LogP contribution in [0.5, 0.6) is 0 Å². The Balaban J connectivity index is 0.00000288. The van der Waals surface area contributed by atoms with Gasteiger partial charge in [0.15, 0.2) is 6.04 Å². The van der Waals surface area contributed by atoms with E-state index >= 15 is 0 Å². The quantitative estimate of drug-likeness (QED) is 0.570. The van der Waals surface area contributed by atoms with Crippen LogP contribution in [0.25, 0.3) is 0 Å². The predicted molar refractivity (Wildman–Crippen MR) is 97.5 cm³/mol. The van der Waals surface area contributed by atoms with Crippen LogP contribution < -0.4 is 22.3 Å². The number of benzene rings is 1. The number of halogens is 1. The molecule has 1 aromatic rings. The van der Waals surface area contributed by atoms with Gasteiger partial charge in [-0.2, -0.15) is 0 Å². The Hall–Kier alpha value is -1.13. The topological polar surface area (TPSA) is 29.1 Å². The minimum atomic E-state index is 0. The van der Waals surface area contributed by atoms with E-state index < -0.39 is 0 Å². The number of carbonyl (C=O) groups is 1. The molecule has 2 unspecified atom stereocenters. The number of nitrogens with zero attached hydrogens (tertiary/aromatic N) is 1. The molecular weight excluding hydrogens is 364 g/mol. The lowest BCUT2D eigenvalue weighted by molar-refractivity contribution is -0.942. The number of amides is 1. The number of aryl methyl sites for hydroxylation is 2. The maximum atomic E-state index is 13.1. The van der Waals surface area contributed by atoms with Crippen LogP contribution in [-0.2, 0) is 4.79 Å². The molecule has 134 valence electrons. The Kier molecular flexibility index (Phi) is 8.17. The highest BCUT2D eigenvalue weighted by molar-refractivity contribution is 5.95. The first-order valence-corrected chi connectivity index (χ1v) is 8.88. The second-order valence-corrected chi connectivity index (χ2v) is 6.90. The molecular formula is C20H31BrN2O. The summed E-state index contributed by atoms with van der Waals surface area (Å²) in [7, 11) is 0. The lowest BCUT2D eigenvalue weighted by atomic mass is 9.96. The third kappa shape index (κ3) is 4.48. The summed E-state index contributed by atoms with van der Waals surface area (Å²) in [5.74, 6) is 0.178. The van der Waals surface area contributed by atoms with Crippen LogP contribution in [0.15, 0.2) is 30.9 Å². The van der Waals surface area contributed by atoms with Gasteiger partial charge in [0, 0.05) is 12.1 Å². The molecule has 1 aromatic carbocycles. The van der Waals surface area contributed by atoms with Crippen molar-refractivity contribution in [2.75, 3.05) is 25.0 Å². The van der Waals surface area contributed by atoms with E-state index in [-0.39, 0.29) is 28.9 Å². The van der Waals surface area contributed by atoms with Crippen molar-refractivity contribution >= 4 is 11.6 Å². The number of quaternary nitrogens is 1. The number of anilines is 1. The van der Waals surface area contributed by atoms with Gasteiger partial charge >= 0.3 is 0 Å². The minimum Gasteiger partial charge on any atom is -1.00 e. The van der Waals surface area contributed by atoms with Gasteiger partial charge in [-0.3, -0.25) is 4.79 Å². The molecule has 4 heteroatoms. The molecule has 1 saturated heterocycles. The predicted octanol–water partition coefficient (Wildman–Crippen LogP) is 1.21. The van der Waals surface area contributed by atoms with E-state index in [4.69, 9.17) is 0 Å². The number of hydrogen-bond acceptors (Lipinski definition) is 1. The molecule has 1 heterocycles. The number of likely N-dealkylation sites (tertiary alicyclic amines) is 1. The smallest absolute Gasteiger partial charge is 0.282 e. The van der Waals surface area contributed by atoms with Crippen molar-refractivity contribution in [3.63, 3.8) is 0 Å². The monoisotopic (exact) mass is 394 g/mol. The van der Waals surface area contributed by atoms with Gasteiger partial charge < -0.3 is 26.8 Å². The number of para-hydroxylation sites is 1. The summed E-state index contributed by atoms with van der Waals surface area (Å²) in [6, 6.07) is 6.19. The molecule has 2 rings (SSSR count). The van der Waals surface area contributed by atoms with Gasteiger partial charge in [0.1, 0.15) is 0 Å². The Morgan fingerprint density at radius 3 is 2.58 bits per heavy atom. The lowest BCUT2D eigenvalue weighted by Crippen LogP contribution is -3.00. The number of hydrogen-bond donors (Lipinski definition) is 1. The molecule has 0 aromatic heterocycles. The molecule has 0 spiro atoms. The number of piperidine rings is 1. The highest BCUT2D eigenvalue weighted by Gasteiger charge is 2.42. The van der Waals surface area contributed by atoms with Gasteiger partial charge in [-0.25, -0.2) is 0 Å². The Morgan fingerprint density at radius 2 is 2.00 bits per heavy atom. The molecule has 1 fully saturated rings. The van der Waals surface area contributed by atoms with Crippen molar-refractivity contribution in [1.29, 1.82) is 0 Å². The zero-order valence-corrected chi connectivity index (χ0v) is 16.9. The van der Waals surface area contributed by atoms with Crippen molar-refractivity contribution in [2.45, 2.75) is 52.5 Å². The summed E-state index contributed by atoms with van der Waals surface area (Å²) in [6.45, 7) is 13.3. The second kappa shape index (κ2) is 9.38. The molecule has 3 nitrogen and oxygen atoms in total. The van der Waals surface area contributed by atoms with E-state index in [9.17, 15) is 4.79 Å². The molecule has 24 heavy (non-hydrogen) atoms. The molecule has 1 aliphatic heterocycles. The van der Waals surface area contributed by atoms with Crippen molar-refractivity contribution in [3.05, 3.63) is 42.0 Å². The molecule has 0 radical (unpaired) electrons. The zero-order valence-electron chi connectivity index (χ0n) is 15.3. The van der Waals surface area contributed by atoms with Crippen LogP contribution >= 0.6 is 0 Å². The number of carbonyl (C=O) groups excluding carboxylic acids is 1. The summed E-state index contributed by atoms with van der Waals surface area (Å²) in [5.41, 5.74) is 3.24. The van der Waals surface area contributed by atoms with Gasteiger partial charge in [-0.15, -0.1) is 0 Å². The SMILES string of the molecule is C=CC[N+]1(CCC)CCCCC1C(=O)Nc1c(C)cccc1C.[Br-]. The normalized spacial score (nSPS) is 23.2. The fourth-order valence-electron chi connectivity index (χ4n) is 4.07. The van der Waals surface area contributed by atoms with Crippen molar-refractivity contribution < 1.29 is 26.3 Å². The molecule has 1 aliphatic rings. The van der Waals surface area contributed by atoms with Crippen LogP contribution in [-0.4, -0.2) is 36.1 Å². The fourth-order valence-corrected chi connectivity index (χ4v) is 4.07. The molecule has 1 N–H and O–H groups in total. The van der Waals surface area contributed by atoms with Crippen LogP contribution in [0.1, 0.15) is 43.7 Å². The second-order valence-electron chi connectivity index (χ2n) is 6.90. The maximum Gasteiger partial charge on any atom is 0.282 e. The third-order valence-electron chi connectivity index (χ3n) is 5.19. The minimum absolute atomic E-state index is 0. The average Bonchev–Trinajstić information content (AvgIpc) is 2.52.